The number of aromatic amines is 1. The van der Waals surface area contributed by atoms with Gasteiger partial charge in [0.1, 0.15) is 0 Å². The Bertz CT molecular complexity index is 540. The SMILES string of the molecule is CCOC(=O)c1[nH]cc(C(F)F)c(=O)c1[N+](=O)[O-]. The van der Waals surface area contributed by atoms with Crippen LogP contribution in [0.5, 0.6) is 0 Å². The third-order valence-electron chi connectivity index (χ3n) is 1.98. The Morgan fingerprint density at radius 2 is 2.22 bits per heavy atom. The van der Waals surface area contributed by atoms with E-state index in [2.05, 4.69) is 4.74 Å². The maximum absolute atomic E-state index is 12.4. The number of alkyl halides is 2. The summed E-state index contributed by atoms with van der Waals surface area (Å²) >= 11 is 0. The number of H-pyrrole nitrogens is 1. The van der Waals surface area contributed by atoms with Crippen molar-refractivity contribution in [2.75, 3.05) is 6.61 Å². The summed E-state index contributed by atoms with van der Waals surface area (Å²) in [5.74, 6) is -1.15. The molecule has 0 saturated heterocycles. The molecule has 1 N–H and O–H groups in total. The zero-order valence-electron chi connectivity index (χ0n) is 9.11. The molecule has 1 aromatic rings. The Kier molecular flexibility index (Phi) is 4.08. The highest BCUT2D eigenvalue weighted by atomic mass is 19.3. The number of rotatable bonds is 4. The lowest BCUT2D eigenvalue weighted by Crippen LogP contribution is -2.21. The minimum absolute atomic E-state index is 0.0748. The molecule has 1 heterocycles. The fourth-order valence-electron chi connectivity index (χ4n) is 1.23. The van der Waals surface area contributed by atoms with E-state index >= 15 is 0 Å². The van der Waals surface area contributed by atoms with Gasteiger partial charge in [-0.05, 0) is 6.92 Å². The Morgan fingerprint density at radius 1 is 1.61 bits per heavy atom. The van der Waals surface area contributed by atoms with Crippen LogP contribution in [-0.2, 0) is 4.74 Å². The number of ether oxygens (including phenoxy) is 1. The fraction of sp³-hybridized carbons (Fsp3) is 0.333. The van der Waals surface area contributed by atoms with Crippen molar-refractivity contribution in [1.29, 1.82) is 0 Å². The molecule has 0 fully saturated rings. The van der Waals surface area contributed by atoms with Crippen LogP contribution < -0.4 is 5.43 Å². The number of nitro groups is 1. The monoisotopic (exact) mass is 262 g/mol. The lowest BCUT2D eigenvalue weighted by atomic mass is 10.2. The van der Waals surface area contributed by atoms with Gasteiger partial charge in [-0.25, -0.2) is 13.6 Å². The number of hydrogen-bond acceptors (Lipinski definition) is 5. The van der Waals surface area contributed by atoms with Gasteiger partial charge in [0, 0.05) is 6.20 Å². The van der Waals surface area contributed by atoms with Crippen LogP contribution in [0.2, 0.25) is 0 Å². The van der Waals surface area contributed by atoms with Crippen molar-refractivity contribution >= 4 is 11.7 Å². The molecule has 0 saturated carbocycles. The molecule has 0 aliphatic heterocycles. The lowest BCUT2D eigenvalue weighted by Gasteiger charge is -2.04. The smallest absolute Gasteiger partial charge is 0.362 e. The van der Waals surface area contributed by atoms with E-state index in [1.54, 1.807) is 0 Å². The summed E-state index contributed by atoms with van der Waals surface area (Å²) in [5.41, 5.74) is -4.57. The first-order valence-electron chi connectivity index (χ1n) is 4.75. The quantitative estimate of drug-likeness (QED) is 0.502. The van der Waals surface area contributed by atoms with Crippen molar-refractivity contribution in [3.63, 3.8) is 0 Å². The van der Waals surface area contributed by atoms with Crippen LogP contribution >= 0.6 is 0 Å². The van der Waals surface area contributed by atoms with Crippen molar-refractivity contribution in [2.45, 2.75) is 13.3 Å². The normalized spacial score (nSPS) is 10.4. The van der Waals surface area contributed by atoms with Crippen LogP contribution in [-0.4, -0.2) is 22.5 Å². The Hall–Kier alpha value is -2.32. The molecule has 1 rings (SSSR count). The number of halogens is 2. The van der Waals surface area contributed by atoms with Crippen molar-refractivity contribution in [3.8, 4) is 0 Å². The van der Waals surface area contributed by atoms with E-state index in [1.165, 1.54) is 6.92 Å². The third-order valence-corrected chi connectivity index (χ3v) is 1.98. The molecule has 18 heavy (non-hydrogen) atoms. The van der Waals surface area contributed by atoms with Gasteiger partial charge in [-0.1, -0.05) is 0 Å². The van der Waals surface area contributed by atoms with E-state index in [-0.39, 0.29) is 6.61 Å². The second-order valence-electron chi connectivity index (χ2n) is 3.08. The number of nitrogens with one attached hydrogen (secondary N) is 1. The summed E-state index contributed by atoms with van der Waals surface area (Å²) in [6.45, 7) is 1.38. The molecule has 0 radical (unpaired) electrons. The summed E-state index contributed by atoms with van der Waals surface area (Å²) in [4.78, 5) is 34.2. The number of esters is 1. The molecule has 0 aliphatic carbocycles. The minimum atomic E-state index is -3.18. The van der Waals surface area contributed by atoms with E-state index in [0.29, 0.717) is 6.20 Å². The van der Waals surface area contributed by atoms with Gasteiger partial charge in [-0.15, -0.1) is 0 Å². The van der Waals surface area contributed by atoms with Crippen LogP contribution in [0, 0.1) is 10.1 Å². The summed E-state index contributed by atoms with van der Waals surface area (Å²) < 4.78 is 29.3. The molecule has 0 aliphatic rings. The minimum Gasteiger partial charge on any atom is -0.461 e. The van der Waals surface area contributed by atoms with E-state index < -0.39 is 39.7 Å². The topological polar surface area (TPSA) is 102 Å². The molecule has 7 nitrogen and oxygen atoms in total. The molecular weight excluding hydrogens is 254 g/mol. The molecule has 98 valence electrons. The van der Waals surface area contributed by atoms with Crippen molar-refractivity contribution in [3.05, 3.63) is 37.8 Å². The highest BCUT2D eigenvalue weighted by molar-refractivity contribution is 5.91. The lowest BCUT2D eigenvalue weighted by molar-refractivity contribution is -0.386. The number of nitrogens with zero attached hydrogens (tertiary/aromatic N) is 1. The molecule has 1 aromatic heterocycles. The molecular formula is C9H8F2N2O5. The molecule has 0 bridgehead atoms. The third kappa shape index (κ3) is 2.50. The van der Waals surface area contributed by atoms with Gasteiger partial charge in [-0.2, -0.15) is 0 Å². The number of carbonyl (C=O) groups excluding carboxylic acids is 1. The largest absolute Gasteiger partial charge is 0.461 e. The summed E-state index contributed by atoms with van der Waals surface area (Å²) in [6, 6.07) is 0. The van der Waals surface area contributed by atoms with Crippen molar-refractivity contribution in [1.82, 2.24) is 4.98 Å². The zero-order chi connectivity index (χ0) is 13.9. The maximum Gasteiger partial charge on any atom is 0.362 e. The highest BCUT2D eigenvalue weighted by Gasteiger charge is 2.30. The van der Waals surface area contributed by atoms with Crippen LogP contribution in [0.1, 0.15) is 29.4 Å². The summed E-state index contributed by atoms with van der Waals surface area (Å²) in [6.07, 6.45) is -2.62. The van der Waals surface area contributed by atoms with Gasteiger partial charge in [-0.3, -0.25) is 14.9 Å². The first-order valence-corrected chi connectivity index (χ1v) is 4.75. The van der Waals surface area contributed by atoms with E-state index in [0.717, 1.165) is 0 Å². The molecule has 0 atom stereocenters. The van der Waals surface area contributed by atoms with E-state index in [9.17, 15) is 28.5 Å². The maximum atomic E-state index is 12.4. The number of pyridine rings is 1. The number of aromatic nitrogens is 1. The first kappa shape index (κ1) is 13.7. The van der Waals surface area contributed by atoms with Gasteiger partial charge in [0.15, 0.2) is 0 Å². The van der Waals surface area contributed by atoms with E-state index in [4.69, 9.17) is 0 Å². The summed E-state index contributed by atoms with van der Waals surface area (Å²) in [7, 11) is 0. The predicted octanol–water partition coefficient (Wildman–Crippen LogP) is 1.40. The average molecular weight is 262 g/mol. The van der Waals surface area contributed by atoms with Crippen LogP contribution in [0.4, 0.5) is 14.5 Å². The van der Waals surface area contributed by atoms with Crippen LogP contribution in [0.25, 0.3) is 0 Å². The van der Waals surface area contributed by atoms with E-state index in [1.807, 2.05) is 4.98 Å². The average Bonchev–Trinajstić information content (AvgIpc) is 2.27. The molecule has 9 heteroatoms. The predicted molar refractivity (Wildman–Crippen MR) is 54.6 cm³/mol. The number of carbonyl (C=O) groups is 1. The second kappa shape index (κ2) is 5.34. The number of hydrogen-bond donors (Lipinski definition) is 1. The van der Waals surface area contributed by atoms with Crippen LogP contribution in [0.15, 0.2) is 11.0 Å². The van der Waals surface area contributed by atoms with Crippen molar-refractivity contribution < 1.29 is 23.2 Å². The Balaban J connectivity index is 3.47. The Morgan fingerprint density at radius 3 is 2.67 bits per heavy atom. The zero-order valence-corrected chi connectivity index (χ0v) is 9.11. The first-order chi connectivity index (χ1) is 8.40. The Labute approximate surface area is 98.5 Å². The van der Waals surface area contributed by atoms with Gasteiger partial charge in [0.05, 0.1) is 17.1 Å². The molecule has 0 unspecified atom stereocenters. The van der Waals surface area contributed by atoms with Gasteiger partial charge < -0.3 is 9.72 Å². The van der Waals surface area contributed by atoms with Gasteiger partial charge >= 0.3 is 11.7 Å². The van der Waals surface area contributed by atoms with Crippen molar-refractivity contribution in [2.24, 2.45) is 0 Å². The van der Waals surface area contributed by atoms with Gasteiger partial charge in [0.25, 0.3) is 11.9 Å². The fourth-order valence-corrected chi connectivity index (χ4v) is 1.23. The molecule has 0 spiro atoms. The highest BCUT2D eigenvalue weighted by Crippen LogP contribution is 2.19. The second-order valence-corrected chi connectivity index (χ2v) is 3.08. The molecule has 0 amide bonds. The summed E-state index contributed by atoms with van der Waals surface area (Å²) in [5, 5.41) is 10.7. The van der Waals surface area contributed by atoms with Crippen LogP contribution in [0.3, 0.4) is 0 Å². The van der Waals surface area contributed by atoms with Gasteiger partial charge in [0.2, 0.25) is 5.69 Å². The molecule has 0 aromatic carbocycles. The standard InChI is InChI=1S/C9H8F2N2O5/c1-2-18-9(15)5-6(13(16)17)7(14)4(3-12-5)8(10)11/h3,8H,2H2,1H3,(H,12,14).